The van der Waals surface area contributed by atoms with Gasteiger partial charge in [0.1, 0.15) is 12.1 Å². The van der Waals surface area contributed by atoms with E-state index in [2.05, 4.69) is 36.1 Å². The topological polar surface area (TPSA) is 138 Å². The van der Waals surface area contributed by atoms with E-state index in [0.717, 1.165) is 18.6 Å². The summed E-state index contributed by atoms with van der Waals surface area (Å²) in [6, 6.07) is 8.75. The van der Waals surface area contributed by atoms with Gasteiger partial charge in [0, 0.05) is 17.5 Å². The Labute approximate surface area is 157 Å². The van der Waals surface area contributed by atoms with Gasteiger partial charge in [0.2, 0.25) is 11.7 Å². The minimum atomic E-state index is -0.285. The van der Waals surface area contributed by atoms with Crippen molar-refractivity contribution >= 4 is 5.91 Å². The largest absolute Gasteiger partial charge is 0.360 e. The Morgan fingerprint density at radius 3 is 2.96 bits per heavy atom. The van der Waals surface area contributed by atoms with Crippen molar-refractivity contribution in [2.45, 2.75) is 25.3 Å². The zero-order valence-electron chi connectivity index (χ0n) is 14.5. The normalized spacial score (nSPS) is 13.6. The van der Waals surface area contributed by atoms with E-state index in [1.54, 1.807) is 24.3 Å². The van der Waals surface area contributed by atoms with E-state index in [1.165, 1.54) is 11.0 Å². The van der Waals surface area contributed by atoms with E-state index < -0.39 is 0 Å². The number of benzene rings is 1. The number of nitrogens with one attached hydrogen (secondary N) is 1. The minimum Gasteiger partial charge on any atom is -0.360 e. The molecule has 0 saturated heterocycles. The third kappa shape index (κ3) is 3.24. The van der Waals surface area contributed by atoms with Crippen LogP contribution >= 0.6 is 0 Å². The molecule has 0 radical (unpaired) electrons. The maximum Gasteiger partial charge on any atom is 0.251 e. The maximum absolute atomic E-state index is 12.4. The van der Waals surface area contributed by atoms with Gasteiger partial charge < -0.3 is 14.4 Å². The van der Waals surface area contributed by atoms with Gasteiger partial charge in [0.15, 0.2) is 5.69 Å². The van der Waals surface area contributed by atoms with Crippen molar-refractivity contribution in [3.8, 4) is 17.2 Å². The molecule has 1 aliphatic rings. The molecule has 11 nitrogen and oxygen atoms in total. The Morgan fingerprint density at radius 1 is 1.21 bits per heavy atom. The standard InChI is InChI=1S/C17H14N8O3/c26-17(11-2-1-3-12(6-11)25-9-19-23-24-25)18-8-15-20-16(22-28-15)13-7-14(27-21-13)10-4-5-10/h1-3,6-7,9-10H,4-5,8H2,(H,18,26). The third-order valence-corrected chi connectivity index (χ3v) is 4.33. The molecule has 1 amide bonds. The summed E-state index contributed by atoms with van der Waals surface area (Å²) in [5, 5.41) is 21.6. The van der Waals surface area contributed by atoms with Crippen LogP contribution in [0.1, 0.15) is 40.8 Å². The fourth-order valence-corrected chi connectivity index (χ4v) is 2.71. The van der Waals surface area contributed by atoms with Gasteiger partial charge in [-0.2, -0.15) is 4.98 Å². The highest BCUT2D eigenvalue weighted by Crippen LogP contribution is 2.40. The SMILES string of the molecule is O=C(NCc1nc(-c2cc(C3CC3)on2)no1)c1cccc(-n2cnnn2)c1. The summed E-state index contributed by atoms with van der Waals surface area (Å²) < 4.78 is 11.9. The number of carbonyl (C=O) groups excluding carboxylic acids is 1. The van der Waals surface area contributed by atoms with Gasteiger partial charge in [0.25, 0.3) is 5.91 Å². The number of tetrazole rings is 1. The zero-order valence-corrected chi connectivity index (χ0v) is 14.5. The van der Waals surface area contributed by atoms with E-state index in [0.29, 0.717) is 28.7 Å². The van der Waals surface area contributed by atoms with Gasteiger partial charge >= 0.3 is 0 Å². The minimum absolute atomic E-state index is 0.0915. The Hall–Kier alpha value is -3.89. The molecule has 3 aromatic heterocycles. The predicted molar refractivity (Wildman–Crippen MR) is 92.1 cm³/mol. The lowest BCUT2D eigenvalue weighted by Gasteiger charge is -2.04. The van der Waals surface area contributed by atoms with E-state index in [-0.39, 0.29) is 18.3 Å². The van der Waals surface area contributed by atoms with Crippen LogP contribution in [0.3, 0.4) is 0 Å². The number of hydrogen-bond donors (Lipinski definition) is 1. The van der Waals surface area contributed by atoms with Gasteiger partial charge in [0.05, 0.1) is 12.2 Å². The van der Waals surface area contributed by atoms with Gasteiger partial charge in [-0.3, -0.25) is 4.79 Å². The van der Waals surface area contributed by atoms with E-state index in [9.17, 15) is 4.79 Å². The zero-order chi connectivity index (χ0) is 18.9. The van der Waals surface area contributed by atoms with Crippen LogP contribution in [0.25, 0.3) is 17.2 Å². The fraction of sp³-hybridized carbons (Fsp3) is 0.235. The molecule has 1 aliphatic carbocycles. The van der Waals surface area contributed by atoms with E-state index in [4.69, 9.17) is 9.05 Å². The van der Waals surface area contributed by atoms with Crippen molar-refractivity contribution in [1.82, 2.24) is 40.8 Å². The summed E-state index contributed by atoms with van der Waals surface area (Å²) in [6.45, 7) is 0.0915. The molecule has 3 heterocycles. The molecule has 1 aromatic carbocycles. The molecule has 0 atom stereocenters. The van der Waals surface area contributed by atoms with Crippen LogP contribution in [0.5, 0.6) is 0 Å². The quantitative estimate of drug-likeness (QED) is 0.529. The third-order valence-electron chi connectivity index (χ3n) is 4.33. The van der Waals surface area contributed by atoms with E-state index in [1.807, 2.05) is 6.07 Å². The van der Waals surface area contributed by atoms with Crippen LogP contribution in [0, 0.1) is 0 Å². The molecule has 0 aliphatic heterocycles. The summed E-state index contributed by atoms with van der Waals surface area (Å²) in [5.41, 5.74) is 1.66. The summed E-state index contributed by atoms with van der Waals surface area (Å²) in [6.07, 6.45) is 3.69. The first kappa shape index (κ1) is 16.3. The van der Waals surface area contributed by atoms with Crippen molar-refractivity contribution in [2.24, 2.45) is 0 Å². The van der Waals surface area contributed by atoms with Crippen LogP contribution in [-0.2, 0) is 6.54 Å². The molecule has 1 fully saturated rings. The van der Waals surface area contributed by atoms with E-state index >= 15 is 0 Å². The number of hydrogen-bond acceptors (Lipinski definition) is 9. The number of aromatic nitrogens is 7. The molecule has 1 N–H and O–H groups in total. The molecular formula is C17H14N8O3. The highest BCUT2D eigenvalue weighted by molar-refractivity contribution is 5.94. The Kier molecular flexibility index (Phi) is 3.89. The van der Waals surface area contributed by atoms with Gasteiger partial charge in [-0.25, -0.2) is 4.68 Å². The first-order valence-electron chi connectivity index (χ1n) is 8.67. The molecule has 5 rings (SSSR count). The molecule has 0 spiro atoms. The second-order valence-corrected chi connectivity index (χ2v) is 6.39. The van der Waals surface area contributed by atoms with Crippen LogP contribution in [0.15, 0.2) is 45.7 Å². The van der Waals surface area contributed by atoms with Crippen LogP contribution < -0.4 is 5.32 Å². The second-order valence-electron chi connectivity index (χ2n) is 6.39. The molecular weight excluding hydrogens is 364 g/mol. The molecule has 0 unspecified atom stereocenters. The number of nitrogens with zero attached hydrogens (tertiary/aromatic N) is 7. The number of carbonyl (C=O) groups is 1. The lowest BCUT2D eigenvalue weighted by Crippen LogP contribution is -2.23. The maximum atomic E-state index is 12.4. The van der Waals surface area contributed by atoms with Gasteiger partial charge in [-0.15, -0.1) is 5.10 Å². The molecule has 0 bridgehead atoms. The number of amides is 1. The molecule has 11 heteroatoms. The first-order valence-corrected chi connectivity index (χ1v) is 8.67. The average Bonchev–Trinajstić information content (AvgIpc) is 3.16. The lowest BCUT2D eigenvalue weighted by molar-refractivity contribution is 0.0946. The van der Waals surface area contributed by atoms with Crippen molar-refractivity contribution < 1.29 is 13.8 Å². The van der Waals surface area contributed by atoms with Crippen molar-refractivity contribution in [1.29, 1.82) is 0 Å². The van der Waals surface area contributed by atoms with Crippen molar-refractivity contribution in [3.05, 3.63) is 53.9 Å². The summed E-state index contributed by atoms with van der Waals surface area (Å²) in [7, 11) is 0. The number of rotatable bonds is 6. The van der Waals surface area contributed by atoms with Crippen molar-refractivity contribution in [3.63, 3.8) is 0 Å². The Bertz CT molecular complexity index is 1110. The second kappa shape index (κ2) is 6.68. The smallest absolute Gasteiger partial charge is 0.251 e. The first-order chi connectivity index (χ1) is 13.8. The molecule has 140 valence electrons. The summed E-state index contributed by atoms with van der Waals surface area (Å²) >= 11 is 0. The monoisotopic (exact) mass is 378 g/mol. The summed E-state index contributed by atoms with van der Waals surface area (Å²) in [5.74, 6) is 1.62. The highest BCUT2D eigenvalue weighted by Gasteiger charge is 2.28. The molecule has 4 aromatic rings. The highest BCUT2D eigenvalue weighted by atomic mass is 16.5. The average molecular weight is 378 g/mol. The summed E-state index contributed by atoms with van der Waals surface area (Å²) in [4.78, 5) is 16.7. The van der Waals surface area contributed by atoms with Crippen LogP contribution in [0.2, 0.25) is 0 Å². The Balaban J connectivity index is 1.24. The predicted octanol–water partition coefficient (Wildman–Crippen LogP) is 1.51. The fourth-order valence-electron chi connectivity index (χ4n) is 2.71. The Morgan fingerprint density at radius 2 is 2.14 bits per heavy atom. The van der Waals surface area contributed by atoms with Crippen molar-refractivity contribution in [2.75, 3.05) is 0 Å². The van der Waals surface area contributed by atoms with Gasteiger partial charge in [-0.05, 0) is 41.5 Å². The molecule has 1 saturated carbocycles. The molecule has 28 heavy (non-hydrogen) atoms. The van der Waals surface area contributed by atoms with Crippen LogP contribution in [-0.4, -0.2) is 41.4 Å². The van der Waals surface area contributed by atoms with Gasteiger partial charge in [-0.1, -0.05) is 16.4 Å². The van der Waals surface area contributed by atoms with Crippen LogP contribution in [0.4, 0.5) is 0 Å². The lowest BCUT2D eigenvalue weighted by atomic mass is 10.2.